The van der Waals surface area contributed by atoms with Gasteiger partial charge in [-0.25, -0.2) is 13.2 Å². The molecule has 0 saturated heterocycles. The Hall–Kier alpha value is -1.89. The topological polar surface area (TPSA) is 101 Å². The first-order chi connectivity index (χ1) is 9.66. The molecule has 0 saturated carbocycles. The van der Waals surface area contributed by atoms with Crippen molar-refractivity contribution in [3.05, 3.63) is 29.8 Å². The molecule has 6 nitrogen and oxygen atoms in total. The van der Waals surface area contributed by atoms with Gasteiger partial charge >= 0.3 is 5.97 Å². The lowest BCUT2D eigenvalue weighted by atomic mass is 9.99. The summed E-state index contributed by atoms with van der Waals surface area (Å²) in [5, 5.41) is 11.6. The van der Waals surface area contributed by atoms with E-state index in [1.807, 2.05) is 6.92 Å². The zero-order valence-corrected chi connectivity index (χ0v) is 13.0. The number of sulfone groups is 1. The third-order valence-corrected chi connectivity index (χ3v) is 4.40. The minimum absolute atomic E-state index is 0.0190. The van der Waals surface area contributed by atoms with Gasteiger partial charge in [0, 0.05) is 11.8 Å². The van der Waals surface area contributed by atoms with Gasteiger partial charge in [-0.2, -0.15) is 0 Å². The molecule has 0 aliphatic rings. The third kappa shape index (κ3) is 4.56. The molecule has 7 heteroatoms. The standard InChI is InChI=1S/C14H19NO5S/c1-4-9(2)12(14(17)18)15-13(16)10-6-5-7-11(8-10)21(3,19)20/h5-9,12H,4H2,1-3H3,(H,15,16)(H,17,18)/t9?,12-/m0/s1. The largest absolute Gasteiger partial charge is 0.480 e. The van der Waals surface area contributed by atoms with Crippen LogP contribution in [0.25, 0.3) is 0 Å². The SMILES string of the molecule is CCC(C)[C@H](NC(=O)c1cccc(S(C)(=O)=O)c1)C(=O)O. The monoisotopic (exact) mass is 313 g/mol. The van der Waals surface area contributed by atoms with Crippen LogP contribution in [-0.2, 0) is 14.6 Å². The van der Waals surface area contributed by atoms with Crippen molar-refractivity contribution in [2.24, 2.45) is 5.92 Å². The predicted octanol–water partition coefficient (Wildman–Crippen LogP) is 1.32. The highest BCUT2D eigenvalue weighted by Gasteiger charge is 2.26. The number of carbonyl (C=O) groups excluding carboxylic acids is 1. The summed E-state index contributed by atoms with van der Waals surface area (Å²) in [6, 6.07) is 4.50. The zero-order chi connectivity index (χ0) is 16.2. The first-order valence-corrected chi connectivity index (χ1v) is 8.39. The molecule has 0 aliphatic heterocycles. The van der Waals surface area contributed by atoms with Crippen LogP contribution in [0.5, 0.6) is 0 Å². The lowest BCUT2D eigenvalue weighted by Crippen LogP contribution is -2.45. The van der Waals surface area contributed by atoms with Gasteiger partial charge in [0.05, 0.1) is 4.90 Å². The maximum atomic E-state index is 12.1. The quantitative estimate of drug-likeness (QED) is 0.825. The number of amides is 1. The molecule has 2 N–H and O–H groups in total. The second kappa shape index (κ2) is 6.71. The molecule has 21 heavy (non-hydrogen) atoms. The Morgan fingerprint density at radius 3 is 2.43 bits per heavy atom. The van der Waals surface area contributed by atoms with Crippen molar-refractivity contribution < 1.29 is 23.1 Å². The Bertz CT molecular complexity index is 639. The van der Waals surface area contributed by atoms with Gasteiger partial charge in [0.25, 0.3) is 5.91 Å². The molecule has 0 aliphatic carbocycles. The number of carbonyl (C=O) groups is 2. The van der Waals surface area contributed by atoms with Crippen molar-refractivity contribution in [3.63, 3.8) is 0 Å². The Kier molecular flexibility index (Phi) is 5.48. The van der Waals surface area contributed by atoms with E-state index in [1.165, 1.54) is 24.3 Å². The van der Waals surface area contributed by atoms with E-state index in [4.69, 9.17) is 5.11 Å². The highest BCUT2D eigenvalue weighted by Crippen LogP contribution is 2.13. The van der Waals surface area contributed by atoms with E-state index in [1.54, 1.807) is 6.92 Å². The van der Waals surface area contributed by atoms with Crippen LogP contribution in [0.15, 0.2) is 29.2 Å². The molecule has 1 amide bonds. The van der Waals surface area contributed by atoms with E-state index in [-0.39, 0.29) is 16.4 Å². The summed E-state index contributed by atoms with van der Waals surface area (Å²) in [6.07, 6.45) is 1.64. The summed E-state index contributed by atoms with van der Waals surface area (Å²) in [4.78, 5) is 23.3. The Morgan fingerprint density at radius 1 is 1.33 bits per heavy atom. The van der Waals surface area contributed by atoms with Crippen LogP contribution in [0, 0.1) is 5.92 Å². The maximum Gasteiger partial charge on any atom is 0.326 e. The van der Waals surface area contributed by atoms with Crippen molar-refractivity contribution in [2.45, 2.75) is 31.2 Å². The summed E-state index contributed by atoms with van der Waals surface area (Å²) in [7, 11) is -3.42. The molecule has 0 spiro atoms. The van der Waals surface area contributed by atoms with Crippen LogP contribution >= 0.6 is 0 Å². The van der Waals surface area contributed by atoms with Crippen LogP contribution in [0.4, 0.5) is 0 Å². The van der Waals surface area contributed by atoms with E-state index in [0.717, 1.165) is 6.26 Å². The lowest BCUT2D eigenvalue weighted by molar-refractivity contribution is -0.140. The molecule has 116 valence electrons. The molecule has 2 atom stereocenters. The van der Waals surface area contributed by atoms with Gasteiger partial charge in [0.2, 0.25) is 0 Å². The summed E-state index contributed by atoms with van der Waals surface area (Å²) in [5.74, 6) is -1.95. The lowest BCUT2D eigenvalue weighted by Gasteiger charge is -2.20. The minimum atomic E-state index is -3.42. The zero-order valence-electron chi connectivity index (χ0n) is 12.2. The summed E-state index contributed by atoms with van der Waals surface area (Å²) in [6.45, 7) is 3.56. The van der Waals surface area contributed by atoms with Crippen LogP contribution < -0.4 is 5.32 Å². The Labute approximate surface area is 124 Å². The van der Waals surface area contributed by atoms with Crippen molar-refractivity contribution in [2.75, 3.05) is 6.26 Å². The molecular weight excluding hydrogens is 294 g/mol. The summed E-state index contributed by atoms with van der Waals surface area (Å²) >= 11 is 0. The molecule has 1 unspecified atom stereocenters. The number of carboxylic acid groups (broad SMARTS) is 1. The van der Waals surface area contributed by atoms with E-state index in [2.05, 4.69) is 5.32 Å². The van der Waals surface area contributed by atoms with Crippen molar-refractivity contribution in [3.8, 4) is 0 Å². The van der Waals surface area contributed by atoms with E-state index in [9.17, 15) is 18.0 Å². The van der Waals surface area contributed by atoms with Gasteiger partial charge in [0.1, 0.15) is 6.04 Å². The number of hydrogen-bond acceptors (Lipinski definition) is 4. The third-order valence-electron chi connectivity index (χ3n) is 3.29. The average Bonchev–Trinajstić information content (AvgIpc) is 2.42. The number of benzene rings is 1. The second-order valence-corrected chi connectivity index (χ2v) is 6.99. The van der Waals surface area contributed by atoms with Crippen LogP contribution in [0.3, 0.4) is 0 Å². The summed E-state index contributed by atoms with van der Waals surface area (Å²) < 4.78 is 22.9. The van der Waals surface area contributed by atoms with Gasteiger partial charge in [0.15, 0.2) is 9.84 Å². The molecule has 0 heterocycles. The molecular formula is C14H19NO5S. The second-order valence-electron chi connectivity index (χ2n) is 4.97. The van der Waals surface area contributed by atoms with E-state index >= 15 is 0 Å². The number of aliphatic carboxylic acids is 1. The number of hydrogen-bond donors (Lipinski definition) is 2. The molecule has 0 aromatic heterocycles. The predicted molar refractivity (Wildman–Crippen MR) is 77.9 cm³/mol. The maximum absolute atomic E-state index is 12.1. The van der Waals surface area contributed by atoms with Gasteiger partial charge < -0.3 is 10.4 Å². The van der Waals surface area contributed by atoms with Gasteiger partial charge in [-0.3, -0.25) is 4.79 Å². The molecule has 0 radical (unpaired) electrons. The molecule has 0 fully saturated rings. The van der Waals surface area contributed by atoms with Crippen molar-refractivity contribution >= 4 is 21.7 Å². The van der Waals surface area contributed by atoms with Gasteiger partial charge in [-0.15, -0.1) is 0 Å². The van der Waals surface area contributed by atoms with Gasteiger partial charge in [-0.1, -0.05) is 26.3 Å². The highest BCUT2D eigenvalue weighted by molar-refractivity contribution is 7.90. The Morgan fingerprint density at radius 2 is 1.95 bits per heavy atom. The fourth-order valence-corrected chi connectivity index (χ4v) is 2.44. The Balaban J connectivity index is 3.01. The van der Waals surface area contributed by atoms with Crippen LogP contribution in [-0.4, -0.2) is 37.7 Å². The van der Waals surface area contributed by atoms with Crippen LogP contribution in [0.2, 0.25) is 0 Å². The molecule has 1 rings (SSSR count). The first kappa shape index (κ1) is 17.2. The highest BCUT2D eigenvalue weighted by atomic mass is 32.2. The van der Waals surface area contributed by atoms with E-state index in [0.29, 0.717) is 6.42 Å². The minimum Gasteiger partial charge on any atom is -0.480 e. The smallest absolute Gasteiger partial charge is 0.326 e. The normalized spacial score (nSPS) is 14.2. The number of carboxylic acids is 1. The average molecular weight is 313 g/mol. The van der Waals surface area contributed by atoms with E-state index < -0.39 is 27.8 Å². The number of nitrogens with one attached hydrogen (secondary N) is 1. The molecule has 1 aromatic carbocycles. The van der Waals surface area contributed by atoms with Crippen molar-refractivity contribution in [1.29, 1.82) is 0 Å². The molecule has 0 bridgehead atoms. The summed E-state index contributed by atoms with van der Waals surface area (Å²) in [5.41, 5.74) is 0.118. The van der Waals surface area contributed by atoms with Crippen molar-refractivity contribution in [1.82, 2.24) is 5.32 Å². The molecule has 1 aromatic rings. The van der Waals surface area contributed by atoms with Crippen LogP contribution in [0.1, 0.15) is 30.6 Å². The number of rotatable bonds is 6. The fraction of sp³-hybridized carbons (Fsp3) is 0.429. The fourth-order valence-electron chi connectivity index (χ4n) is 1.78. The first-order valence-electron chi connectivity index (χ1n) is 6.50. The van der Waals surface area contributed by atoms with Gasteiger partial charge in [-0.05, 0) is 24.1 Å².